The number of nitrogens with zero attached hydrogens (tertiary/aromatic N) is 1. The number of amides is 1. The Morgan fingerprint density at radius 3 is 1.86 bits per heavy atom. The molecule has 1 rings (SSSR count). The Morgan fingerprint density at radius 2 is 1.73 bits per heavy atom. The maximum atomic E-state index is 10.7. The molecule has 0 fully saturated rings. The molecule has 0 bridgehead atoms. The molecule has 0 radical (unpaired) electrons. The lowest BCUT2D eigenvalue weighted by atomic mass is 10.0. The molecule has 0 heterocycles. The van der Waals surface area contributed by atoms with Crippen LogP contribution in [0.25, 0.3) is 0 Å². The molecule has 0 unspecified atom stereocenters. The van der Waals surface area contributed by atoms with Crippen molar-refractivity contribution in [2.75, 3.05) is 13.6 Å². The summed E-state index contributed by atoms with van der Waals surface area (Å²) in [5.41, 5.74) is 0.862. The summed E-state index contributed by atoms with van der Waals surface area (Å²) in [7, 11) is 1.74. The van der Waals surface area contributed by atoms with Gasteiger partial charge < -0.3 is 4.90 Å². The van der Waals surface area contributed by atoms with E-state index in [1.165, 1.54) is 19.3 Å². The van der Waals surface area contributed by atoms with Gasteiger partial charge in [0.05, 0.1) is 0 Å². The lowest BCUT2D eigenvalue weighted by molar-refractivity contribution is -0.116. The molecule has 22 heavy (non-hydrogen) atoms. The van der Waals surface area contributed by atoms with Gasteiger partial charge in [-0.3, -0.25) is 9.59 Å². The zero-order valence-electron chi connectivity index (χ0n) is 15.8. The molecule has 0 aromatic heterocycles. The quantitative estimate of drug-likeness (QED) is 0.657. The van der Waals surface area contributed by atoms with Crippen molar-refractivity contribution in [1.82, 2.24) is 4.90 Å². The van der Waals surface area contributed by atoms with Crippen LogP contribution >= 0.6 is 0 Å². The third kappa shape index (κ3) is 20.9. The Balaban J connectivity index is -0.000000245. The van der Waals surface area contributed by atoms with Crippen molar-refractivity contribution in [1.29, 1.82) is 0 Å². The number of ketones is 1. The molecule has 0 aliphatic heterocycles. The molecule has 1 amide bonds. The van der Waals surface area contributed by atoms with E-state index >= 15 is 0 Å². The van der Waals surface area contributed by atoms with Gasteiger partial charge in [0.15, 0.2) is 5.78 Å². The van der Waals surface area contributed by atoms with Gasteiger partial charge in [-0.05, 0) is 26.7 Å². The van der Waals surface area contributed by atoms with Crippen LogP contribution in [0.2, 0.25) is 0 Å². The lowest BCUT2D eigenvalue weighted by Crippen LogP contribution is -2.13. The molecule has 3 heteroatoms. The number of hydrogen-bond donors (Lipinski definition) is 0. The minimum Gasteiger partial charge on any atom is -0.349 e. The van der Waals surface area contributed by atoms with Crippen LogP contribution in [-0.2, 0) is 9.59 Å². The first kappa shape index (κ1) is 25.6. The standard InChI is InChI=1S/C8H10O.C5H12.C4H9NO.C2H6/c1-7(9)8-5-3-2-4-6-8;1-3-5-4-2;1-3-5(2)4-6;1-2/h3,5-6H,2,4H2,1H3;3-5H2,1-2H3;4H,3H2,1-2H3;1-2H3. The van der Waals surface area contributed by atoms with Gasteiger partial charge in [0, 0.05) is 19.2 Å². The van der Waals surface area contributed by atoms with Crippen LogP contribution in [-0.4, -0.2) is 30.7 Å². The van der Waals surface area contributed by atoms with Crippen LogP contribution in [0.5, 0.6) is 0 Å². The number of unbranched alkanes of at least 4 members (excludes halogenated alkanes) is 2. The minimum absolute atomic E-state index is 0.172. The summed E-state index contributed by atoms with van der Waals surface area (Å²) < 4.78 is 0. The van der Waals surface area contributed by atoms with E-state index in [1.54, 1.807) is 18.9 Å². The van der Waals surface area contributed by atoms with E-state index in [-0.39, 0.29) is 5.78 Å². The van der Waals surface area contributed by atoms with Gasteiger partial charge in [0.2, 0.25) is 6.41 Å². The molecule has 1 aliphatic carbocycles. The Hall–Kier alpha value is -1.38. The van der Waals surface area contributed by atoms with Crippen LogP contribution in [0, 0.1) is 0 Å². The second kappa shape index (κ2) is 21.9. The van der Waals surface area contributed by atoms with Crippen LogP contribution < -0.4 is 0 Å². The molecule has 0 aromatic rings. The van der Waals surface area contributed by atoms with Crippen LogP contribution in [0.4, 0.5) is 0 Å². The Morgan fingerprint density at radius 1 is 1.18 bits per heavy atom. The maximum Gasteiger partial charge on any atom is 0.209 e. The number of carbonyl (C=O) groups excluding carboxylic acids is 2. The van der Waals surface area contributed by atoms with E-state index in [4.69, 9.17) is 0 Å². The fraction of sp³-hybridized carbons (Fsp3) is 0.684. The molecule has 0 spiro atoms. The highest BCUT2D eigenvalue weighted by molar-refractivity contribution is 5.96. The van der Waals surface area contributed by atoms with Crippen molar-refractivity contribution in [3.63, 3.8) is 0 Å². The van der Waals surface area contributed by atoms with Gasteiger partial charge in [-0.1, -0.05) is 65.2 Å². The summed E-state index contributed by atoms with van der Waals surface area (Å²) in [6, 6.07) is 0. The van der Waals surface area contributed by atoms with Gasteiger partial charge in [0.25, 0.3) is 0 Å². The van der Waals surface area contributed by atoms with Gasteiger partial charge >= 0.3 is 0 Å². The zero-order chi connectivity index (χ0) is 17.8. The normalized spacial score (nSPS) is 11.3. The summed E-state index contributed by atoms with van der Waals surface area (Å²) in [4.78, 5) is 21.9. The Kier molecular flexibility index (Phi) is 25.5. The minimum atomic E-state index is 0.172. The van der Waals surface area contributed by atoms with Crippen molar-refractivity contribution in [3.05, 3.63) is 23.8 Å². The number of carbonyl (C=O) groups is 2. The summed E-state index contributed by atoms with van der Waals surface area (Å²) in [5.74, 6) is 0.172. The van der Waals surface area contributed by atoms with Crippen molar-refractivity contribution >= 4 is 12.2 Å². The highest BCUT2D eigenvalue weighted by Gasteiger charge is 2.00. The number of rotatable bonds is 5. The topological polar surface area (TPSA) is 37.4 Å². The summed E-state index contributed by atoms with van der Waals surface area (Å²) >= 11 is 0. The molecule has 3 nitrogen and oxygen atoms in total. The van der Waals surface area contributed by atoms with Gasteiger partial charge in [-0.25, -0.2) is 0 Å². The zero-order valence-corrected chi connectivity index (χ0v) is 15.8. The van der Waals surface area contributed by atoms with E-state index in [0.717, 1.165) is 31.4 Å². The third-order valence-corrected chi connectivity index (χ3v) is 2.79. The number of hydrogen-bond acceptors (Lipinski definition) is 2. The molecule has 130 valence electrons. The number of allylic oxidation sites excluding steroid dienone is 4. The fourth-order valence-electron chi connectivity index (χ4n) is 1.30. The van der Waals surface area contributed by atoms with Crippen LogP contribution in [0.15, 0.2) is 23.8 Å². The summed E-state index contributed by atoms with van der Waals surface area (Å²) in [6.07, 6.45) is 12.9. The van der Waals surface area contributed by atoms with E-state index in [0.29, 0.717) is 0 Å². The predicted molar refractivity (Wildman–Crippen MR) is 98.1 cm³/mol. The largest absolute Gasteiger partial charge is 0.349 e. The molecule has 0 saturated carbocycles. The molecule has 0 saturated heterocycles. The van der Waals surface area contributed by atoms with Crippen molar-refractivity contribution in [3.8, 4) is 0 Å². The van der Waals surface area contributed by atoms with Gasteiger partial charge in [-0.15, -0.1) is 0 Å². The van der Waals surface area contributed by atoms with E-state index < -0.39 is 0 Å². The second-order valence-corrected chi connectivity index (χ2v) is 4.73. The Bertz CT molecular complexity index is 305. The maximum absolute atomic E-state index is 10.7. The monoisotopic (exact) mass is 311 g/mol. The van der Waals surface area contributed by atoms with Crippen molar-refractivity contribution < 1.29 is 9.59 Å². The smallest absolute Gasteiger partial charge is 0.209 e. The lowest BCUT2D eigenvalue weighted by Gasteiger charge is -2.01. The summed E-state index contributed by atoms with van der Waals surface area (Å²) in [6.45, 7) is 12.7. The average Bonchev–Trinajstić information content (AvgIpc) is 2.58. The SMILES string of the molecule is CC.CC(=O)C1=CCCC=C1.CCCCC.CCN(C)C=O. The first-order valence-corrected chi connectivity index (χ1v) is 8.56. The molecule has 0 aromatic carbocycles. The third-order valence-electron chi connectivity index (χ3n) is 2.79. The van der Waals surface area contributed by atoms with E-state index in [9.17, 15) is 9.59 Å². The molecular formula is C19H37NO2. The molecule has 0 atom stereocenters. The highest BCUT2D eigenvalue weighted by atomic mass is 16.1. The van der Waals surface area contributed by atoms with Gasteiger partial charge in [0.1, 0.15) is 0 Å². The van der Waals surface area contributed by atoms with Gasteiger partial charge in [-0.2, -0.15) is 0 Å². The number of Topliss-reactive ketones (excluding diaryl/α,β-unsaturated/α-hetero) is 1. The average molecular weight is 312 g/mol. The first-order chi connectivity index (χ1) is 10.5. The second-order valence-electron chi connectivity index (χ2n) is 4.73. The van der Waals surface area contributed by atoms with Crippen molar-refractivity contribution in [2.24, 2.45) is 0 Å². The van der Waals surface area contributed by atoms with E-state index in [1.807, 2.05) is 39.0 Å². The summed E-state index contributed by atoms with van der Waals surface area (Å²) in [5, 5.41) is 0. The van der Waals surface area contributed by atoms with Crippen LogP contribution in [0.3, 0.4) is 0 Å². The van der Waals surface area contributed by atoms with Crippen molar-refractivity contribution in [2.45, 2.75) is 73.6 Å². The predicted octanol–water partition coefficient (Wildman–Crippen LogP) is 5.17. The molecular weight excluding hydrogens is 274 g/mol. The first-order valence-electron chi connectivity index (χ1n) is 8.56. The van der Waals surface area contributed by atoms with Crippen LogP contribution in [0.1, 0.15) is 73.6 Å². The molecule has 0 N–H and O–H groups in total. The highest BCUT2D eigenvalue weighted by Crippen LogP contribution is 2.09. The fourth-order valence-corrected chi connectivity index (χ4v) is 1.30. The Labute approximate surface area is 138 Å². The van der Waals surface area contributed by atoms with E-state index in [2.05, 4.69) is 13.8 Å². The molecule has 1 aliphatic rings.